The van der Waals surface area contributed by atoms with Gasteiger partial charge in [0.25, 0.3) is 0 Å². The Morgan fingerprint density at radius 2 is 1.84 bits per heavy atom. The van der Waals surface area contributed by atoms with Gasteiger partial charge >= 0.3 is 0 Å². The molecule has 2 nitrogen and oxygen atoms in total. The molecular formula is C16H20BrNO. The van der Waals surface area contributed by atoms with E-state index in [1.807, 2.05) is 24.3 Å². The molecular weight excluding hydrogens is 302 g/mol. The number of benzene rings is 1. The zero-order valence-corrected chi connectivity index (χ0v) is 12.8. The first-order chi connectivity index (χ1) is 9.17. The van der Waals surface area contributed by atoms with Crippen molar-refractivity contribution in [3.63, 3.8) is 0 Å². The number of carbonyl (C=O) groups is 1. The predicted molar refractivity (Wildman–Crippen MR) is 80.4 cm³/mol. The van der Waals surface area contributed by atoms with Gasteiger partial charge in [-0.15, -0.1) is 0 Å². The van der Waals surface area contributed by atoms with Gasteiger partial charge in [-0.05, 0) is 43.4 Å². The van der Waals surface area contributed by atoms with Gasteiger partial charge in [0, 0.05) is 16.6 Å². The molecule has 1 aromatic carbocycles. The first-order valence-electron chi connectivity index (χ1n) is 7.18. The van der Waals surface area contributed by atoms with Gasteiger partial charge < -0.3 is 0 Å². The van der Waals surface area contributed by atoms with E-state index in [0.717, 1.165) is 23.1 Å². The zero-order chi connectivity index (χ0) is 13.3. The Morgan fingerprint density at radius 3 is 2.53 bits per heavy atom. The van der Waals surface area contributed by atoms with Crippen LogP contribution in [0.3, 0.4) is 0 Å². The smallest absolute Gasteiger partial charge is 0.176 e. The summed E-state index contributed by atoms with van der Waals surface area (Å²) < 4.78 is 1.02. The van der Waals surface area contributed by atoms with Crippen molar-refractivity contribution in [2.75, 3.05) is 19.6 Å². The maximum atomic E-state index is 12.3. The van der Waals surface area contributed by atoms with Crippen molar-refractivity contribution in [3.05, 3.63) is 34.3 Å². The van der Waals surface area contributed by atoms with Crippen molar-refractivity contribution >= 4 is 21.7 Å². The van der Waals surface area contributed by atoms with E-state index in [2.05, 4.69) is 20.8 Å². The lowest BCUT2D eigenvalue weighted by molar-refractivity contribution is 0.0938. The third kappa shape index (κ3) is 2.92. The second-order valence-electron chi connectivity index (χ2n) is 6.10. The SMILES string of the molecule is O=C(CN1CCC2(CCCC2)C1)c1ccc(Br)cc1. The van der Waals surface area contributed by atoms with E-state index in [4.69, 9.17) is 0 Å². The Labute approximate surface area is 123 Å². The molecule has 1 aliphatic carbocycles. The summed E-state index contributed by atoms with van der Waals surface area (Å²) in [4.78, 5) is 14.6. The lowest BCUT2D eigenvalue weighted by Crippen LogP contribution is -2.30. The van der Waals surface area contributed by atoms with Crippen LogP contribution in [0.1, 0.15) is 42.5 Å². The summed E-state index contributed by atoms with van der Waals surface area (Å²) in [6.07, 6.45) is 6.80. The molecule has 0 bridgehead atoms. The number of rotatable bonds is 3. The van der Waals surface area contributed by atoms with Gasteiger partial charge in [0.05, 0.1) is 6.54 Å². The summed E-state index contributed by atoms with van der Waals surface area (Å²) in [7, 11) is 0. The molecule has 1 heterocycles. The summed E-state index contributed by atoms with van der Waals surface area (Å²) in [5, 5.41) is 0. The van der Waals surface area contributed by atoms with E-state index in [-0.39, 0.29) is 5.78 Å². The highest BCUT2D eigenvalue weighted by Gasteiger charge is 2.40. The average molecular weight is 322 g/mol. The van der Waals surface area contributed by atoms with E-state index in [1.165, 1.54) is 32.1 Å². The minimum absolute atomic E-state index is 0.252. The van der Waals surface area contributed by atoms with Crippen LogP contribution < -0.4 is 0 Å². The number of halogens is 1. The van der Waals surface area contributed by atoms with Crippen molar-refractivity contribution in [1.82, 2.24) is 4.90 Å². The van der Waals surface area contributed by atoms with Gasteiger partial charge in [-0.2, -0.15) is 0 Å². The molecule has 1 spiro atoms. The summed E-state index contributed by atoms with van der Waals surface area (Å²) >= 11 is 3.40. The van der Waals surface area contributed by atoms with Crippen LogP contribution >= 0.6 is 15.9 Å². The highest BCUT2D eigenvalue weighted by atomic mass is 79.9. The minimum atomic E-state index is 0.252. The molecule has 0 amide bonds. The van der Waals surface area contributed by atoms with E-state index < -0.39 is 0 Å². The number of hydrogen-bond donors (Lipinski definition) is 0. The Hall–Kier alpha value is -0.670. The van der Waals surface area contributed by atoms with Crippen LogP contribution in [0.4, 0.5) is 0 Å². The van der Waals surface area contributed by atoms with Gasteiger partial charge in [-0.3, -0.25) is 9.69 Å². The third-order valence-electron chi connectivity index (χ3n) is 4.72. The number of likely N-dealkylation sites (tertiary alicyclic amines) is 1. The molecule has 0 N–H and O–H groups in total. The van der Waals surface area contributed by atoms with Crippen molar-refractivity contribution < 1.29 is 4.79 Å². The molecule has 0 aromatic heterocycles. The van der Waals surface area contributed by atoms with Crippen LogP contribution in [-0.4, -0.2) is 30.3 Å². The third-order valence-corrected chi connectivity index (χ3v) is 5.24. The molecule has 1 saturated carbocycles. The van der Waals surface area contributed by atoms with Crippen molar-refractivity contribution in [2.45, 2.75) is 32.1 Å². The van der Waals surface area contributed by atoms with Gasteiger partial charge in [-0.25, -0.2) is 0 Å². The van der Waals surface area contributed by atoms with Crippen LogP contribution in [0.5, 0.6) is 0 Å². The monoisotopic (exact) mass is 321 g/mol. The highest BCUT2D eigenvalue weighted by Crippen LogP contribution is 2.45. The summed E-state index contributed by atoms with van der Waals surface area (Å²) in [6, 6.07) is 7.70. The van der Waals surface area contributed by atoms with E-state index in [0.29, 0.717) is 12.0 Å². The first kappa shape index (κ1) is 13.3. The van der Waals surface area contributed by atoms with E-state index in [9.17, 15) is 4.79 Å². The van der Waals surface area contributed by atoms with Gasteiger partial charge in [0.1, 0.15) is 0 Å². The average Bonchev–Trinajstić information content (AvgIpc) is 3.01. The first-order valence-corrected chi connectivity index (χ1v) is 7.97. The van der Waals surface area contributed by atoms with Crippen LogP contribution in [-0.2, 0) is 0 Å². The van der Waals surface area contributed by atoms with Crippen molar-refractivity contribution in [2.24, 2.45) is 5.41 Å². The number of hydrogen-bond acceptors (Lipinski definition) is 2. The van der Waals surface area contributed by atoms with Crippen LogP contribution in [0, 0.1) is 5.41 Å². The summed E-state index contributed by atoms with van der Waals surface area (Å²) in [6.45, 7) is 2.82. The standard InChI is InChI=1S/C16H20BrNO/c17-14-5-3-13(4-6-14)15(19)11-18-10-9-16(12-18)7-1-2-8-16/h3-6H,1-2,7-12H2. The predicted octanol–water partition coefficient (Wildman–Crippen LogP) is 3.90. The van der Waals surface area contributed by atoms with Crippen molar-refractivity contribution in [1.29, 1.82) is 0 Å². The molecule has 1 saturated heterocycles. The molecule has 0 unspecified atom stereocenters. The topological polar surface area (TPSA) is 20.3 Å². The molecule has 2 aliphatic rings. The molecule has 1 aromatic rings. The molecule has 102 valence electrons. The second kappa shape index (κ2) is 5.37. The fraction of sp³-hybridized carbons (Fsp3) is 0.562. The fourth-order valence-corrected chi connectivity index (χ4v) is 3.89. The van der Waals surface area contributed by atoms with Gasteiger partial charge in [-0.1, -0.05) is 40.9 Å². The lowest BCUT2D eigenvalue weighted by atomic mass is 9.86. The highest BCUT2D eigenvalue weighted by molar-refractivity contribution is 9.10. The fourth-order valence-electron chi connectivity index (χ4n) is 3.63. The molecule has 19 heavy (non-hydrogen) atoms. The molecule has 0 radical (unpaired) electrons. The molecule has 3 rings (SSSR count). The molecule has 3 heteroatoms. The Kier molecular flexibility index (Phi) is 3.77. The van der Waals surface area contributed by atoms with Crippen LogP contribution in [0.2, 0.25) is 0 Å². The lowest BCUT2D eigenvalue weighted by Gasteiger charge is -2.23. The van der Waals surface area contributed by atoms with Gasteiger partial charge in [0.2, 0.25) is 0 Å². The normalized spacial score (nSPS) is 22.2. The van der Waals surface area contributed by atoms with E-state index in [1.54, 1.807) is 0 Å². The number of carbonyl (C=O) groups excluding carboxylic acids is 1. The van der Waals surface area contributed by atoms with Crippen LogP contribution in [0.25, 0.3) is 0 Å². The molecule has 0 atom stereocenters. The number of Topliss-reactive ketones (excluding diaryl/α,β-unsaturated/α-hetero) is 1. The number of ketones is 1. The molecule has 2 fully saturated rings. The van der Waals surface area contributed by atoms with Crippen molar-refractivity contribution in [3.8, 4) is 0 Å². The number of nitrogens with zero attached hydrogens (tertiary/aromatic N) is 1. The summed E-state index contributed by atoms with van der Waals surface area (Å²) in [5.74, 6) is 0.252. The van der Waals surface area contributed by atoms with Crippen LogP contribution in [0.15, 0.2) is 28.7 Å². The Morgan fingerprint density at radius 1 is 1.16 bits per heavy atom. The Bertz CT molecular complexity index is 462. The minimum Gasteiger partial charge on any atom is -0.295 e. The molecule has 1 aliphatic heterocycles. The maximum absolute atomic E-state index is 12.3. The largest absolute Gasteiger partial charge is 0.295 e. The maximum Gasteiger partial charge on any atom is 0.176 e. The van der Waals surface area contributed by atoms with Gasteiger partial charge in [0.15, 0.2) is 5.78 Å². The van der Waals surface area contributed by atoms with E-state index >= 15 is 0 Å². The second-order valence-corrected chi connectivity index (χ2v) is 7.01. The quantitative estimate of drug-likeness (QED) is 0.787. The summed E-state index contributed by atoms with van der Waals surface area (Å²) in [5.41, 5.74) is 1.38. The Balaban J connectivity index is 1.60. The zero-order valence-electron chi connectivity index (χ0n) is 11.2.